The van der Waals surface area contributed by atoms with Crippen LogP contribution in [0.4, 0.5) is 0 Å². The van der Waals surface area contributed by atoms with Crippen molar-refractivity contribution in [2.75, 3.05) is 39.8 Å². The van der Waals surface area contributed by atoms with Gasteiger partial charge in [-0.05, 0) is 7.05 Å². The van der Waals surface area contributed by atoms with Crippen LogP contribution in [0.2, 0.25) is 0 Å². The van der Waals surface area contributed by atoms with Crippen LogP contribution in [0.1, 0.15) is 13.8 Å². The molecular weight excluding hydrogens is 206 g/mol. The monoisotopic (exact) mass is 229 g/mol. The van der Waals surface area contributed by atoms with Crippen molar-refractivity contribution in [1.82, 2.24) is 15.5 Å². The van der Waals surface area contributed by atoms with Gasteiger partial charge in [-0.25, -0.2) is 0 Å². The van der Waals surface area contributed by atoms with Crippen LogP contribution in [-0.2, 0) is 9.53 Å². The van der Waals surface area contributed by atoms with Crippen LogP contribution in [0.3, 0.4) is 0 Å². The molecule has 16 heavy (non-hydrogen) atoms. The number of carbonyl (C=O) groups excluding carboxylic acids is 1. The van der Waals surface area contributed by atoms with E-state index in [9.17, 15) is 4.79 Å². The van der Waals surface area contributed by atoms with E-state index in [2.05, 4.69) is 22.6 Å². The highest BCUT2D eigenvalue weighted by atomic mass is 16.5. The highest BCUT2D eigenvalue weighted by molar-refractivity contribution is 5.78. The van der Waals surface area contributed by atoms with E-state index in [4.69, 9.17) is 4.74 Å². The predicted octanol–water partition coefficient (Wildman–Crippen LogP) is -0.569. The molecule has 2 N–H and O–H groups in total. The SMILES string of the molecule is CC(C)NCC(=O)NCC1CN(C)CCO1. The summed E-state index contributed by atoms with van der Waals surface area (Å²) in [7, 11) is 2.07. The summed E-state index contributed by atoms with van der Waals surface area (Å²) in [4.78, 5) is 13.6. The number of morpholine rings is 1. The van der Waals surface area contributed by atoms with Crippen LogP contribution < -0.4 is 10.6 Å². The fraction of sp³-hybridized carbons (Fsp3) is 0.909. The summed E-state index contributed by atoms with van der Waals surface area (Å²) >= 11 is 0. The molecule has 1 heterocycles. The minimum Gasteiger partial charge on any atom is -0.374 e. The molecular formula is C11H23N3O2. The Bertz CT molecular complexity index is 221. The summed E-state index contributed by atoms with van der Waals surface area (Å²) in [6.07, 6.45) is 0.127. The van der Waals surface area contributed by atoms with E-state index in [-0.39, 0.29) is 12.0 Å². The van der Waals surface area contributed by atoms with Crippen molar-refractivity contribution in [3.63, 3.8) is 0 Å². The maximum absolute atomic E-state index is 11.4. The first-order chi connectivity index (χ1) is 7.58. The lowest BCUT2D eigenvalue weighted by Gasteiger charge is -2.30. The molecule has 94 valence electrons. The van der Waals surface area contributed by atoms with Crippen LogP contribution in [0.15, 0.2) is 0 Å². The lowest BCUT2D eigenvalue weighted by molar-refractivity contribution is -0.121. The first-order valence-corrected chi connectivity index (χ1v) is 5.88. The van der Waals surface area contributed by atoms with Gasteiger partial charge < -0.3 is 20.3 Å². The Morgan fingerprint density at radius 3 is 2.94 bits per heavy atom. The van der Waals surface area contributed by atoms with Crippen molar-refractivity contribution >= 4 is 5.91 Å². The number of hydrogen-bond donors (Lipinski definition) is 2. The number of nitrogens with one attached hydrogen (secondary N) is 2. The molecule has 1 fully saturated rings. The van der Waals surface area contributed by atoms with Gasteiger partial charge in [0, 0.05) is 25.7 Å². The van der Waals surface area contributed by atoms with Crippen molar-refractivity contribution < 1.29 is 9.53 Å². The van der Waals surface area contributed by atoms with Crippen molar-refractivity contribution in [3.8, 4) is 0 Å². The maximum atomic E-state index is 11.4. The highest BCUT2D eigenvalue weighted by Gasteiger charge is 2.17. The molecule has 1 aliphatic heterocycles. The van der Waals surface area contributed by atoms with Gasteiger partial charge >= 0.3 is 0 Å². The second kappa shape index (κ2) is 6.83. The van der Waals surface area contributed by atoms with E-state index in [1.807, 2.05) is 13.8 Å². The molecule has 0 saturated carbocycles. The number of nitrogens with zero attached hydrogens (tertiary/aromatic N) is 1. The maximum Gasteiger partial charge on any atom is 0.234 e. The van der Waals surface area contributed by atoms with Crippen LogP contribution in [-0.4, -0.2) is 62.8 Å². The molecule has 1 amide bonds. The van der Waals surface area contributed by atoms with Gasteiger partial charge in [-0.1, -0.05) is 13.8 Å². The Labute approximate surface area is 97.5 Å². The number of rotatable bonds is 5. The van der Waals surface area contributed by atoms with E-state index in [0.717, 1.165) is 19.7 Å². The van der Waals surface area contributed by atoms with Gasteiger partial charge in [0.15, 0.2) is 0 Å². The van der Waals surface area contributed by atoms with E-state index < -0.39 is 0 Å². The van der Waals surface area contributed by atoms with Gasteiger partial charge in [0.05, 0.1) is 19.3 Å². The first-order valence-electron chi connectivity index (χ1n) is 5.88. The Morgan fingerprint density at radius 1 is 1.56 bits per heavy atom. The van der Waals surface area contributed by atoms with Crippen molar-refractivity contribution in [1.29, 1.82) is 0 Å². The second-order valence-corrected chi connectivity index (χ2v) is 4.59. The van der Waals surface area contributed by atoms with E-state index in [0.29, 0.717) is 19.1 Å². The quantitative estimate of drug-likeness (QED) is 0.663. The molecule has 0 aromatic heterocycles. The third-order valence-electron chi connectivity index (χ3n) is 2.54. The molecule has 0 aliphatic carbocycles. The van der Waals surface area contributed by atoms with Crippen LogP contribution in [0, 0.1) is 0 Å². The summed E-state index contributed by atoms with van der Waals surface area (Å²) in [6, 6.07) is 0.336. The number of hydrogen-bond acceptors (Lipinski definition) is 4. The third kappa shape index (κ3) is 5.44. The van der Waals surface area contributed by atoms with Gasteiger partial charge in [-0.2, -0.15) is 0 Å². The summed E-state index contributed by atoms with van der Waals surface area (Å²) in [5.74, 6) is 0.0329. The number of likely N-dealkylation sites (N-methyl/N-ethyl adjacent to an activating group) is 1. The lowest BCUT2D eigenvalue weighted by Crippen LogP contribution is -2.47. The van der Waals surface area contributed by atoms with Gasteiger partial charge in [0.2, 0.25) is 5.91 Å². The fourth-order valence-corrected chi connectivity index (χ4v) is 1.58. The number of amides is 1. The minimum absolute atomic E-state index is 0.0329. The molecule has 1 rings (SSSR count). The summed E-state index contributed by atoms with van der Waals surface area (Å²) in [6.45, 7) is 7.63. The second-order valence-electron chi connectivity index (χ2n) is 4.59. The summed E-state index contributed by atoms with van der Waals surface area (Å²) in [5.41, 5.74) is 0. The van der Waals surface area contributed by atoms with Crippen molar-refractivity contribution in [2.45, 2.75) is 26.0 Å². The molecule has 0 spiro atoms. The Hall–Kier alpha value is -0.650. The molecule has 5 heteroatoms. The van der Waals surface area contributed by atoms with Gasteiger partial charge in [-0.15, -0.1) is 0 Å². The summed E-state index contributed by atoms with van der Waals surface area (Å²) < 4.78 is 5.55. The Kier molecular flexibility index (Phi) is 5.73. The normalized spacial score (nSPS) is 22.4. The van der Waals surface area contributed by atoms with E-state index >= 15 is 0 Å². The molecule has 5 nitrogen and oxygen atoms in total. The molecule has 0 aromatic rings. The Morgan fingerprint density at radius 2 is 2.31 bits per heavy atom. The van der Waals surface area contributed by atoms with Crippen LogP contribution in [0.25, 0.3) is 0 Å². The summed E-state index contributed by atoms with van der Waals surface area (Å²) in [5, 5.41) is 5.95. The predicted molar refractivity (Wildman–Crippen MR) is 63.4 cm³/mol. The minimum atomic E-state index is 0.0329. The fourth-order valence-electron chi connectivity index (χ4n) is 1.58. The molecule has 1 atom stereocenters. The number of carbonyl (C=O) groups is 1. The zero-order valence-electron chi connectivity index (χ0n) is 10.5. The average Bonchev–Trinajstić information content (AvgIpc) is 2.23. The zero-order valence-corrected chi connectivity index (χ0v) is 10.5. The highest BCUT2D eigenvalue weighted by Crippen LogP contribution is 2.01. The lowest BCUT2D eigenvalue weighted by atomic mass is 10.3. The van der Waals surface area contributed by atoms with Gasteiger partial charge in [0.25, 0.3) is 0 Å². The molecule has 1 saturated heterocycles. The van der Waals surface area contributed by atoms with Gasteiger partial charge in [0.1, 0.15) is 0 Å². The van der Waals surface area contributed by atoms with E-state index in [1.54, 1.807) is 0 Å². The van der Waals surface area contributed by atoms with Crippen molar-refractivity contribution in [2.24, 2.45) is 0 Å². The molecule has 0 bridgehead atoms. The topological polar surface area (TPSA) is 53.6 Å². The molecule has 1 unspecified atom stereocenters. The molecule has 1 aliphatic rings. The smallest absolute Gasteiger partial charge is 0.234 e. The number of ether oxygens (including phenoxy) is 1. The standard InChI is InChI=1S/C11H23N3O2/c1-9(2)12-7-11(15)13-6-10-8-14(3)4-5-16-10/h9-10,12H,4-8H2,1-3H3,(H,13,15). The van der Waals surface area contributed by atoms with Crippen LogP contribution in [0.5, 0.6) is 0 Å². The van der Waals surface area contributed by atoms with Gasteiger partial charge in [-0.3, -0.25) is 4.79 Å². The van der Waals surface area contributed by atoms with Crippen molar-refractivity contribution in [3.05, 3.63) is 0 Å². The third-order valence-corrected chi connectivity index (χ3v) is 2.54. The Balaban J connectivity index is 2.11. The molecule has 0 radical (unpaired) electrons. The first kappa shape index (κ1) is 13.4. The zero-order chi connectivity index (χ0) is 12.0. The van der Waals surface area contributed by atoms with E-state index in [1.165, 1.54) is 0 Å². The van der Waals surface area contributed by atoms with Crippen LogP contribution >= 0.6 is 0 Å². The molecule has 0 aromatic carbocycles. The average molecular weight is 229 g/mol. The largest absolute Gasteiger partial charge is 0.374 e.